The van der Waals surface area contributed by atoms with Gasteiger partial charge in [-0.15, -0.1) is 0 Å². The summed E-state index contributed by atoms with van der Waals surface area (Å²) in [6.45, 7) is 4.42. The van der Waals surface area contributed by atoms with Crippen LogP contribution in [0.4, 0.5) is 0 Å². The highest BCUT2D eigenvalue weighted by molar-refractivity contribution is 5.56. The fourth-order valence-corrected chi connectivity index (χ4v) is 4.14. The minimum absolute atomic E-state index is 0.0669. The second-order valence-electron chi connectivity index (χ2n) is 7.34. The monoisotopic (exact) mass is 376 g/mol. The first-order chi connectivity index (χ1) is 13.5. The second-order valence-corrected chi connectivity index (χ2v) is 7.34. The SMILES string of the molecule is COc1ccc(C2c3ccc(O)c(C)c3OCC2c2ccc(O)cc2)cc1C. The predicted molar refractivity (Wildman–Crippen MR) is 109 cm³/mol. The van der Waals surface area contributed by atoms with Crippen LogP contribution in [0.5, 0.6) is 23.0 Å². The van der Waals surface area contributed by atoms with E-state index in [-0.39, 0.29) is 23.3 Å². The summed E-state index contributed by atoms with van der Waals surface area (Å²) in [4.78, 5) is 0. The lowest BCUT2D eigenvalue weighted by molar-refractivity contribution is 0.245. The molecule has 28 heavy (non-hydrogen) atoms. The number of benzene rings is 3. The van der Waals surface area contributed by atoms with Crippen LogP contribution in [-0.4, -0.2) is 23.9 Å². The molecule has 0 spiro atoms. The van der Waals surface area contributed by atoms with Crippen molar-refractivity contribution in [1.82, 2.24) is 0 Å². The Morgan fingerprint density at radius 2 is 1.64 bits per heavy atom. The van der Waals surface area contributed by atoms with E-state index in [4.69, 9.17) is 9.47 Å². The summed E-state index contributed by atoms with van der Waals surface area (Å²) in [5, 5.41) is 19.8. The Morgan fingerprint density at radius 3 is 2.32 bits per heavy atom. The molecule has 3 aromatic carbocycles. The molecule has 2 atom stereocenters. The van der Waals surface area contributed by atoms with Crippen molar-refractivity contribution >= 4 is 0 Å². The zero-order valence-electron chi connectivity index (χ0n) is 16.3. The highest BCUT2D eigenvalue weighted by Crippen LogP contribution is 2.49. The van der Waals surface area contributed by atoms with Crippen molar-refractivity contribution in [3.05, 3.63) is 82.4 Å². The molecule has 1 aliphatic rings. The normalized spacial score (nSPS) is 18.2. The topological polar surface area (TPSA) is 58.9 Å². The van der Waals surface area contributed by atoms with Crippen LogP contribution in [0, 0.1) is 13.8 Å². The smallest absolute Gasteiger partial charge is 0.129 e. The average Bonchev–Trinajstić information content (AvgIpc) is 2.70. The number of hydrogen-bond donors (Lipinski definition) is 2. The number of phenols is 2. The molecule has 0 saturated carbocycles. The number of ether oxygens (including phenoxy) is 2. The Bertz CT molecular complexity index is 1010. The molecular formula is C24H24O4. The van der Waals surface area contributed by atoms with Gasteiger partial charge in [0.1, 0.15) is 23.0 Å². The number of aromatic hydroxyl groups is 2. The Hall–Kier alpha value is -3.14. The van der Waals surface area contributed by atoms with Gasteiger partial charge in [-0.25, -0.2) is 0 Å². The summed E-state index contributed by atoms with van der Waals surface area (Å²) in [5.41, 5.74) is 5.17. The van der Waals surface area contributed by atoms with Gasteiger partial charge < -0.3 is 19.7 Å². The maximum Gasteiger partial charge on any atom is 0.129 e. The average molecular weight is 376 g/mol. The fraction of sp³-hybridized carbons (Fsp3) is 0.250. The van der Waals surface area contributed by atoms with Crippen molar-refractivity contribution < 1.29 is 19.7 Å². The molecule has 1 aliphatic heterocycles. The maximum absolute atomic E-state index is 10.1. The zero-order chi connectivity index (χ0) is 19.8. The lowest BCUT2D eigenvalue weighted by Gasteiger charge is -2.35. The first-order valence-electron chi connectivity index (χ1n) is 9.38. The summed E-state index contributed by atoms with van der Waals surface area (Å²) in [5.74, 6) is 2.26. The molecule has 0 radical (unpaired) electrons. The van der Waals surface area contributed by atoms with Crippen LogP contribution >= 0.6 is 0 Å². The van der Waals surface area contributed by atoms with Crippen molar-refractivity contribution in [3.63, 3.8) is 0 Å². The van der Waals surface area contributed by atoms with Crippen LogP contribution in [0.25, 0.3) is 0 Å². The molecule has 0 aliphatic carbocycles. The Labute approximate surface area is 165 Å². The van der Waals surface area contributed by atoms with Crippen LogP contribution in [0.1, 0.15) is 39.7 Å². The minimum Gasteiger partial charge on any atom is -0.508 e. The van der Waals surface area contributed by atoms with E-state index in [1.165, 1.54) is 5.56 Å². The Balaban J connectivity index is 1.88. The van der Waals surface area contributed by atoms with Crippen LogP contribution in [0.2, 0.25) is 0 Å². The third kappa shape index (κ3) is 3.05. The molecule has 144 valence electrons. The quantitative estimate of drug-likeness (QED) is 0.673. The first-order valence-corrected chi connectivity index (χ1v) is 9.38. The predicted octanol–water partition coefficient (Wildman–Crippen LogP) is 5.03. The van der Waals surface area contributed by atoms with Gasteiger partial charge in [-0.1, -0.05) is 30.3 Å². The van der Waals surface area contributed by atoms with Gasteiger partial charge >= 0.3 is 0 Å². The number of hydrogen-bond acceptors (Lipinski definition) is 4. The van der Waals surface area contributed by atoms with Crippen molar-refractivity contribution in [2.75, 3.05) is 13.7 Å². The lowest BCUT2D eigenvalue weighted by Crippen LogP contribution is -2.26. The molecule has 0 aromatic heterocycles. The third-order valence-corrected chi connectivity index (χ3v) is 5.65. The summed E-state index contributed by atoms with van der Waals surface area (Å²) >= 11 is 0. The van der Waals surface area contributed by atoms with E-state index in [0.717, 1.165) is 33.8 Å². The van der Waals surface area contributed by atoms with Gasteiger partial charge in [-0.2, -0.15) is 0 Å². The van der Waals surface area contributed by atoms with Crippen LogP contribution in [0.15, 0.2) is 54.6 Å². The van der Waals surface area contributed by atoms with Gasteiger partial charge in [0.05, 0.1) is 13.7 Å². The molecule has 2 unspecified atom stereocenters. The zero-order valence-corrected chi connectivity index (χ0v) is 16.3. The van der Waals surface area contributed by atoms with E-state index in [2.05, 4.69) is 12.1 Å². The van der Waals surface area contributed by atoms with E-state index in [1.807, 2.05) is 38.1 Å². The molecular weight excluding hydrogens is 352 g/mol. The second kappa shape index (κ2) is 7.12. The number of methoxy groups -OCH3 is 1. The van der Waals surface area contributed by atoms with Gasteiger partial charge in [0, 0.05) is 23.0 Å². The van der Waals surface area contributed by atoms with Crippen molar-refractivity contribution in [2.45, 2.75) is 25.7 Å². The van der Waals surface area contributed by atoms with Crippen LogP contribution < -0.4 is 9.47 Å². The Kier molecular flexibility index (Phi) is 4.63. The fourth-order valence-electron chi connectivity index (χ4n) is 4.14. The van der Waals surface area contributed by atoms with Gasteiger partial charge in [0.15, 0.2) is 0 Å². The van der Waals surface area contributed by atoms with Gasteiger partial charge in [0.25, 0.3) is 0 Å². The molecule has 4 heteroatoms. The third-order valence-electron chi connectivity index (χ3n) is 5.65. The molecule has 2 N–H and O–H groups in total. The van der Waals surface area contributed by atoms with E-state index in [9.17, 15) is 10.2 Å². The van der Waals surface area contributed by atoms with E-state index >= 15 is 0 Å². The molecule has 4 rings (SSSR count). The van der Waals surface area contributed by atoms with Gasteiger partial charge in [-0.3, -0.25) is 0 Å². The number of rotatable bonds is 3. The molecule has 1 heterocycles. The molecule has 0 fully saturated rings. The highest BCUT2D eigenvalue weighted by atomic mass is 16.5. The summed E-state index contributed by atoms with van der Waals surface area (Å²) < 4.78 is 11.5. The standard InChI is InChI=1S/C24H24O4/c1-14-12-17(6-11-22(14)27-3)23-19-9-10-21(26)15(2)24(19)28-13-20(23)16-4-7-18(25)8-5-16/h4-12,20,23,25-26H,13H2,1-3H3. The highest BCUT2D eigenvalue weighted by Gasteiger charge is 2.35. The summed E-state index contributed by atoms with van der Waals surface area (Å²) in [6.07, 6.45) is 0. The molecule has 0 amide bonds. The molecule has 0 bridgehead atoms. The number of fused-ring (bicyclic) bond motifs is 1. The van der Waals surface area contributed by atoms with Crippen molar-refractivity contribution in [2.24, 2.45) is 0 Å². The largest absolute Gasteiger partial charge is 0.508 e. The minimum atomic E-state index is 0.0669. The summed E-state index contributed by atoms with van der Waals surface area (Å²) in [6, 6.07) is 17.3. The summed E-state index contributed by atoms with van der Waals surface area (Å²) in [7, 11) is 1.68. The first kappa shape index (κ1) is 18.2. The molecule has 3 aromatic rings. The van der Waals surface area contributed by atoms with Crippen molar-refractivity contribution in [1.29, 1.82) is 0 Å². The van der Waals surface area contributed by atoms with E-state index in [0.29, 0.717) is 6.61 Å². The van der Waals surface area contributed by atoms with Crippen LogP contribution in [0.3, 0.4) is 0 Å². The van der Waals surface area contributed by atoms with Crippen LogP contribution in [-0.2, 0) is 0 Å². The lowest BCUT2D eigenvalue weighted by atomic mass is 9.75. The molecule has 0 saturated heterocycles. The van der Waals surface area contributed by atoms with Gasteiger partial charge in [0.2, 0.25) is 0 Å². The number of phenolic OH excluding ortho intramolecular Hbond substituents is 2. The Morgan fingerprint density at radius 1 is 0.929 bits per heavy atom. The van der Waals surface area contributed by atoms with Gasteiger partial charge in [-0.05, 0) is 54.8 Å². The van der Waals surface area contributed by atoms with Crippen molar-refractivity contribution in [3.8, 4) is 23.0 Å². The van der Waals surface area contributed by atoms with E-state index in [1.54, 1.807) is 25.3 Å². The maximum atomic E-state index is 10.1. The van der Waals surface area contributed by atoms with E-state index < -0.39 is 0 Å². The molecule has 4 nitrogen and oxygen atoms in total. The number of aryl methyl sites for hydroxylation is 1.